The number of carbonyl (C=O) groups is 3. The Morgan fingerprint density at radius 1 is 1.03 bits per heavy atom. The zero-order chi connectivity index (χ0) is 21.4. The minimum absolute atomic E-state index is 0.0390. The van der Waals surface area contributed by atoms with Crippen LogP contribution in [0.25, 0.3) is 0 Å². The van der Waals surface area contributed by atoms with E-state index in [1.54, 1.807) is 25.2 Å². The molecule has 0 saturated heterocycles. The average Bonchev–Trinajstić information content (AvgIpc) is 2.72. The predicted octanol–water partition coefficient (Wildman–Crippen LogP) is 2.44. The second-order valence-electron chi connectivity index (χ2n) is 6.36. The van der Waals surface area contributed by atoms with Gasteiger partial charge in [0.25, 0.3) is 5.91 Å². The number of nitrogens with two attached hydrogens (primary N) is 1. The first-order valence-corrected chi connectivity index (χ1v) is 8.80. The van der Waals surface area contributed by atoms with Gasteiger partial charge in [0.05, 0.1) is 11.1 Å². The molecule has 0 spiro atoms. The summed E-state index contributed by atoms with van der Waals surface area (Å²) in [5, 5.41) is 8.95. The summed E-state index contributed by atoms with van der Waals surface area (Å²) in [7, 11) is 1.63. The lowest BCUT2D eigenvalue weighted by molar-refractivity contribution is -0.118. The molecule has 0 radical (unpaired) electrons. The molecule has 0 aliphatic heterocycles. The molecule has 2 N–H and O–H groups in total. The van der Waals surface area contributed by atoms with E-state index in [4.69, 9.17) is 15.7 Å². The highest BCUT2D eigenvalue weighted by Gasteiger charge is 2.22. The van der Waals surface area contributed by atoms with Crippen LogP contribution in [0, 0.1) is 11.3 Å². The van der Waals surface area contributed by atoms with Crippen LogP contribution >= 0.6 is 0 Å². The number of carbonyl (C=O) groups excluding carboxylic acids is 3. The Kier molecular flexibility index (Phi) is 7.26. The Balaban J connectivity index is 2.14. The Hall–Kier alpha value is -3.92. The summed E-state index contributed by atoms with van der Waals surface area (Å²) in [4.78, 5) is 38.8. The van der Waals surface area contributed by atoms with Crippen LogP contribution in [0.5, 0.6) is 0 Å². The van der Waals surface area contributed by atoms with E-state index < -0.39 is 18.4 Å². The summed E-state index contributed by atoms with van der Waals surface area (Å²) < 4.78 is 5.01. The maximum Gasteiger partial charge on any atom is 0.339 e. The highest BCUT2D eigenvalue weighted by molar-refractivity contribution is 6.06. The number of ether oxygens (including phenoxy) is 1. The Bertz CT molecular complexity index is 987. The molecule has 1 amide bonds. The highest BCUT2D eigenvalue weighted by Crippen LogP contribution is 2.15. The smallest absolute Gasteiger partial charge is 0.339 e. The van der Waals surface area contributed by atoms with Crippen molar-refractivity contribution in [1.29, 1.82) is 5.26 Å². The maximum absolute atomic E-state index is 12.8. The number of hydrogen-bond donors (Lipinski definition) is 1. The van der Waals surface area contributed by atoms with Crippen LogP contribution in [-0.4, -0.2) is 36.2 Å². The van der Waals surface area contributed by atoms with Crippen molar-refractivity contribution >= 4 is 17.7 Å². The molecule has 0 aromatic heterocycles. The molecular formula is C22H21N3O4. The first kappa shape index (κ1) is 21.4. The molecule has 7 nitrogen and oxygen atoms in total. The summed E-state index contributed by atoms with van der Waals surface area (Å²) >= 11 is 0. The van der Waals surface area contributed by atoms with E-state index in [0.717, 1.165) is 5.56 Å². The van der Waals surface area contributed by atoms with Crippen molar-refractivity contribution < 1.29 is 19.1 Å². The summed E-state index contributed by atoms with van der Waals surface area (Å²) in [5.41, 5.74) is 6.41. The molecule has 29 heavy (non-hydrogen) atoms. The molecule has 0 aliphatic rings. The third-order valence-electron chi connectivity index (χ3n) is 4.11. The first-order valence-electron chi connectivity index (χ1n) is 8.80. The number of allylic oxidation sites excluding steroid dienone is 1. The molecule has 0 unspecified atom stereocenters. The minimum atomic E-state index is -0.831. The fourth-order valence-corrected chi connectivity index (χ4v) is 2.63. The van der Waals surface area contributed by atoms with Gasteiger partial charge in [-0.05, 0) is 24.6 Å². The topological polar surface area (TPSA) is 113 Å². The summed E-state index contributed by atoms with van der Waals surface area (Å²) in [5.74, 6) is -1.89. The Morgan fingerprint density at radius 3 is 2.21 bits per heavy atom. The molecule has 0 heterocycles. The molecule has 0 bridgehead atoms. The van der Waals surface area contributed by atoms with Gasteiger partial charge in [-0.25, -0.2) is 4.79 Å². The standard InChI is InChI=1S/C22H21N3O4/c1-15(24)19(12-23)20(26)14-29-22(28)18-11-7-6-10-17(18)21(27)25(2)13-16-8-4-3-5-9-16/h3-11H,13-14,24H2,1-2H3/b19-15+. The van der Waals surface area contributed by atoms with E-state index in [1.807, 2.05) is 30.3 Å². The molecule has 0 aliphatic carbocycles. The molecule has 2 rings (SSSR count). The summed E-state index contributed by atoms with van der Waals surface area (Å²) in [6, 6.07) is 17.3. The largest absolute Gasteiger partial charge is 0.454 e. The van der Waals surface area contributed by atoms with Crippen LogP contribution in [0.15, 0.2) is 65.9 Å². The molecular weight excluding hydrogens is 370 g/mol. The van der Waals surface area contributed by atoms with E-state index >= 15 is 0 Å². The quantitative estimate of drug-likeness (QED) is 0.441. The first-order chi connectivity index (χ1) is 13.8. The van der Waals surface area contributed by atoms with Gasteiger partial charge in [0.2, 0.25) is 5.78 Å². The van der Waals surface area contributed by atoms with Crippen molar-refractivity contribution in [2.45, 2.75) is 13.5 Å². The third kappa shape index (κ3) is 5.53. The number of nitriles is 1. The fourth-order valence-electron chi connectivity index (χ4n) is 2.63. The predicted molar refractivity (Wildman–Crippen MR) is 106 cm³/mol. The number of esters is 1. The summed E-state index contributed by atoms with van der Waals surface area (Å²) in [6.45, 7) is 1.14. The van der Waals surface area contributed by atoms with Crippen molar-refractivity contribution in [3.8, 4) is 6.07 Å². The van der Waals surface area contributed by atoms with Crippen LogP contribution in [-0.2, 0) is 16.1 Å². The number of ketones is 1. The zero-order valence-electron chi connectivity index (χ0n) is 16.2. The van der Waals surface area contributed by atoms with Crippen LogP contribution in [0.4, 0.5) is 0 Å². The Labute approximate surface area is 169 Å². The van der Waals surface area contributed by atoms with E-state index in [9.17, 15) is 14.4 Å². The number of rotatable bonds is 7. The molecule has 0 fully saturated rings. The lowest BCUT2D eigenvalue weighted by Crippen LogP contribution is -2.28. The van der Waals surface area contributed by atoms with Gasteiger partial charge in [0.1, 0.15) is 11.6 Å². The zero-order valence-corrected chi connectivity index (χ0v) is 16.2. The van der Waals surface area contributed by atoms with Crippen LogP contribution in [0.2, 0.25) is 0 Å². The Morgan fingerprint density at radius 2 is 1.62 bits per heavy atom. The SMILES string of the molecule is C/C(N)=C(/C#N)C(=O)COC(=O)c1ccccc1C(=O)N(C)Cc1ccccc1. The molecule has 7 heteroatoms. The van der Waals surface area contributed by atoms with Gasteiger partial charge in [-0.15, -0.1) is 0 Å². The van der Waals surface area contributed by atoms with Gasteiger partial charge in [-0.2, -0.15) is 5.26 Å². The highest BCUT2D eigenvalue weighted by atomic mass is 16.5. The summed E-state index contributed by atoms with van der Waals surface area (Å²) in [6.07, 6.45) is 0. The number of nitrogens with zero attached hydrogens (tertiary/aromatic N) is 2. The van der Waals surface area contributed by atoms with Crippen molar-refractivity contribution in [2.24, 2.45) is 5.73 Å². The van der Waals surface area contributed by atoms with E-state index in [2.05, 4.69) is 0 Å². The third-order valence-corrected chi connectivity index (χ3v) is 4.11. The average molecular weight is 391 g/mol. The number of benzene rings is 2. The van der Waals surface area contributed by atoms with Gasteiger partial charge in [-0.1, -0.05) is 42.5 Å². The van der Waals surface area contributed by atoms with E-state index in [-0.39, 0.29) is 28.3 Å². The number of hydrogen-bond acceptors (Lipinski definition) is 6. The van der Waals surface area contributed by atoms with Crippen molar-refractivity contribution in [3.05, 3.63) is 82.6 Å². The minimum Gasteiger partial charge on any atom is -0.454 e. The fraction of sp³-hybridized carbons (Fsp3) is 0.182. The number of Topliss-reactive ketones (excluding diaryl/α,β-unsaturated/α-hetero) is 1. The monoisotopic (exact) mass is 391 g/mol. The lowest BCUT2D eigenvalue weighted by Gasteiger charge is -2.19. The maximum atomic E-state index is 12.8. The van der Waals surface area contributed by atoms with Gasteiger partial charge < -0.3 is 15.4 Å². The van der Waals surface area contributed by atoms with Crippen molar-refractivity contribution in [2.75, 3.05) is 13.7 Å². The second kappa shape index (κ2) is 9.85. The van der Waals surface area contributed by atoms with Crippen LogP contribution < -0.4 is 5.73 Å². The van der Waals surface area contributed by atoms with Crippen molar-refractivity contribution in [3.63, 3.8) is 0 Å². The molecule has 2 aromatic carbocycles. The van der Waals surface area contributed by atoms with Crippen LogP contribution in [0.3, 0.4) is 0 Å². The van der Waals surface area contributed by atoms with E-state index in [1.165, 1.54) is 24.0 Å². The molecule has 0 saturated carbocycles. The number of amides is 1. The lowest BCUT2D eigenvalue weighted by atomic mass is 10.1. The van der Waals surface area contributed by atoms with Gasteiger partial charge in [0.15, 0.2) is 6.61 Å². The molecule has 2 aromatic rings. The second-order valence-corrected chi connectivity index (χ2v) is 6.36. The van der Waals surface area contributed by atoms with Crippen LogP contribution in [0.1, 0.15) is 33.2 Å². The molecule has 0 atom stereocenters. The van der Waals surface area contributed by atoms with E-state index in [0.29, 0.717) is 6.54 Å². The van der Waals surface area contributed by atoms with Gasteiger partial charge >= 0.3 is 5.97 Å². The normalized spacial score (nSPS) is 11.1. The van der Waals surface area contributed by atoms with Gasteiger partial charge in [-0.3, -0.25) is 9.59 Å². The van der Waals surface area contributed by atoms with Gasteiger partial charge in [0, 0.05) is 19.3 Å². The van der Waals surface area contributed by atoms with Crippen molar-refractivity contribution in [1.82, 2.24) is 4.90 Å². The molecule has 148 valence electrons.